The SMILES string of the molecule is CC(C(=O)N(C)C)n1cc(-c2ccc(-c3cncc4ccccc34)cc2)cn1. The van der Waals surface area contributed by atoms with Crippen molar-refractivity contribution in [2.24, 2.45) is 0 Å². The highest BCUT2D eigenvalue weighted by atomic mass is 16.2. The summed E-state index contributed by atoms with van der Waals surface area (Å²) >= 11 is 0. The van der Waals surface area contributed by atoms with Crippen molar-refractivity contribution < 1.29 is 4.79 Å². The van der Waals surface area contributed by atoms with Crippen LogP contribution in [-0.4, -0.2) is 39.7 Å². The lowest BCUT2D eigenvalue weighted by atomic mass is 9.99. The Balaban J connectivity index is 1.63. The third-order valence-electron chi connectivity index (χ3n) is 4.99. The lowest BCUT2D eigenvalue weighted by Crippen LogP contribution is -2.30. The van der Waals surface area contributed by atoms with E-state index in [1.54, 1.807) is 29.9 Å². The van der Waals surface area contributed by atoms with Crippen molar-refractivity contribution >= 4 is 16.7 Å². The number of nitrogens with zero attached hydrogens (tertiary/aromatic N) is 4. The molecular weight excluding hydrogens is 348 g/mol. The van der Waals surface area contributed by atoms with Gasteiger partial charge in [-0.2, -0.15) is 5.10 Å². The number of benzene rings is 2. The van der Waals surface area contributed by atoms with Crippen LogP contribution >= 0.6 is 0 Å². The largest absolute Gasteiger partial charge is 0.347 e. The molecule has 28 heavy (non-hydrogen) atoms. The van der Waals surface area contributed by atoms with Gasteiger partial charge in [0.15, 0.2) is 0 Å². The van der Waals surface area contributed by atoms with Gasteiger partial charge in [0.25, 0.3) is 0 Å². The first-order valence-electron chi connectivity index (χ1n) is 9.23. The first kappa shape index (κ1) is 17.9. The van der Waals surface area contributed by atoms with Crippen molar-refractivity contribution in [1.82, 2.24) is 19.7 Å². The summed E-state index contributed by atoms with van der Waals surface area (Å²) in [5.74, 6) is 0.0217. The highest BCUT2D eigenvalue weighted by molar-refractivity contribution is 5.95. The van der Waals surface area contributed by atoms with Crippen LogP contribution in [0.3, 0.4) is 0 Å². The Kier molecular flexibility index (Phi) is 4.65. The molecule has 0 aliphatic carbocycles. The molecule has 4 rings (SSSR count). The quantitative estimate of drug-likeness (QED) is 0.534. The molecule has 0 N–H and O–H groups in total. The maximum atomic E-state index is 12.2. The van der Waals surface area contributed by atoms with Gasteiger partial charge in [-0.05, 0) is 23.4 Å². The molecule has 2 aromatic heterocycles. The minimum Gasteiger partial charge on any atom is -0.347 e. The summed E-state index contributed by atoms with van der Waals surface area (Å²) in [6.45, 7) is 1.86. The summed E-state index contributed by atoms with van der Waals surface area (Å²) in [6, 6.07) is 16.3. The van der Waals surface area contributed by atoms with Crippen LogP contribution in [0.1, 0.15) is 13.0 Å². The van der Waals surface area contributed by atoms with Gasteiger partial charge < -0.3 is 4.90 Å². The second-order valence-corrected chi connectivity index (χ2v) is 7.10. The fraction of sp³-hybridized carbons (Fsp3) is 0.174. The molecular formula is C23H22N4O. The van der Waals surface area contributed by atoms with Crippen molar-refractivity contribution in [3.8, 4) is 22.3 Å². The van der Waals surface area contributed by atoms with E-state index in [0.29, 0.717) is 0 Å². The number of rotatable bonds is 4. The molecule has 0 bridgehead atoms. The van der Waals surface area contributed by atoms with Gasteiger partial charge in [0.1, 0.15) is 6.04 Å². The normalized spacial score (nSPS) is 12.1. The van der Waals surface area contributed by atoms with E-state index >= 15 is 0 Å². The van der Waals surface area contributed by atoms with Crippen LogP contribution in [0.15, 0.2) is 73.3 Å². The number of aromatic nitrogens is 3. The van der Waals surface area contributed by atoms with Gasteiger partial charge in [0, 0.05) is 49.2 Å². The summed E-state index contributed by atoms with van der Waals surface area (Å²) in [5.41, 5.74) is 4.29. The maximum absolute atomic E-state index is 12.2. The maximum Gasteiger partial charge on any atom is 0.246 e. The van der Waals surface area contributed by atoms with Gasteiger partial charge in [-0.1, -0.05) is 48.5 Å². The molecule has 0 aliphatic heterocycles. The van der Waals surface area contributed by atoms with E-state index in [-0.39, 0.29) is 11.9 Å². The molecule has 140 valence electrons. The van der Waals surface area contributed by atoms with E-state index in [1.165, 1.54) is 5.39 Å². The van der Waals surface area contributed by atoms with Crippen LogP contribution in [0.5, 0.6) is 0 Å². The van der Waals surface area contributed by atoms with E-state index in [2.05, 4.69) is 46.5 Å². The standard InChI is InChI=1S/C23H22N4O/c1-16(23(28)26(2)3)27-15-20(13-25-27)17-8-10-18(11-9-17)22-14-24-12-19-6-4-5-7-21(19)22/h4-16H,1-3H3. The number of amides is 1. The van der Waals surface area contributed by atoms with Gasteiger partial charge in [-0.3, -0.25) is 14.5 Å². The van der Waals surface area contributed by atoms with E-state index < -0.39 is 0 Å². The van der Waals surface area contributed by atoms with E-state index in [0.717, 1.165) is 27.6 Å². The predicted molar refractivity (Wildman–Crippen MR) is 112 cm³/mol. The van der Waals surface area contributed by atoms with E-state index in [4.69, 9.17) is 0 Å². The van der Waals surface area contributed by atoms with Gasteiger partial charge in [-0.25, -0.2) is 0 Å². The zero-order valence-electron chi connectivity index (χ0n) is 16.2. The first-order chi connectivity index (χ1) is 13.5. The molecule has 1 unspecified atom stereocenters. The zero-order chi connectivity index (χ0) is 19.7. The van der Waals surface area contributed by atoms with Gasteiger partial charge in [-0.15, -0.1) is 0 Å². The molecule has 4 aromatic rings. The van der Waals surface area contributed by atoms with Crippen molar-refractivity contribution in [3.63, 3.8) is 0 Å². The van der Waals surface area contributed by atoms with Crippen molar-refractivity contribution in [2.45, 2.75) is 13.0 Å². The molecule has 5 nitrogen and oxygen atoms in total. The second kappa shape index (κ2) is 7.27. The number of fused-ring (bicyclic) bond motifs is 1. The third-order valence-corrected chi connectivity index (χ3v) is 4.99. The lowest BCUT2D eigenvalue weighted by Gasteiger charge is -2.16. The number of carbonyl (C=O) groups excluding carboxylic acids is 1. The summed E-state index contributed by atoms with van der Waals surface area (Å²) in [6.07, 6.45) is 7.51. The molecule has 1 atom stereocenters. The highest BCUT2D eigenvalue weighted by Gasteiger charge is 2.18. The summed E-state index contributed by atoms with van der Waals surface area (Å²) in [7, 11) is 3.51. The minimum absolute atomic E-state index is 0.0217. The summed E-state index contributed by atoms with van der Waals surface area (Å²) in [5, 5.41) is 6.70. The first-order valence-corrected chi connectivity index (χ1v) is 9.23. The zero-order valence-corrected chi connectivity index (χ0v) is 16.2. The lowest BCUT2D eigenvalue weighted by molar-refractivity contribution is -0.131. The van der Waals surface area contributed by atoms with E-state index in [9.17, 15) is 4.79 Å². The Hall–Kier alpha value is -3.47. The van der Waals surface area contributed by atoms with Crippen molar-refractivity contribution in [3.05, 3.63) is 73.3 Å². The molecule has 0 spiro atoms. The third kappa shape index (κ3) is 3.27. The van der Waals surface area contributed by atoms with Crippen LogP contribution in [0, 0.1) is 0 Å². The fourth-order valence-electron chi connectivity index (χ4n) is 3.37. The van der Waals surface area contributed by atoms with Crippen LogP contribution < -0.4 is 0 Å². The summed E-state index contributed by atoms with van der Waals surface area (Å²) < 4.78 is 1.71. The van der Waals surface area contributed by atoms with E-state index in [1.807, 2.05) is 37.6 Å². The molecule has 0 aliphatic rings. The van der Waals surface area contributed by atoms with Crippen molar-refractivity contribution in [2.75, 3.05) is 14.1 Å². The average Bonchev–Trinajstić information content (AvgIpc) is 3.22. The minimum atomic E-state index is -0.329. The van der Waals surface area contributed by atoms with Crippen LogP contribution in [0.25, 0.3) is 33.0 Å². The van der Waals surface area contributed by atoms with Crippen molar-refractivity contribution in [1.29, 1.82) is 0 Å². The van der Waals surface area contributed by atoms with Crippen LogP contribution in [0.2, 0.25) is 0 Å². The Morgan fingerprint density at radius 3 is 2.39 bits per heavy atom. The number of carbonyl (C=O) groups is 1. The smallest absolute Gasteiger partial charge is 0.246 e. The Morgan fingerprint density at radius 2 is 1.64 bits per heavy atom. The number of likely N-dealkylation sites (N-methyl/N-ethyl adjacent to an activating group) is 1. The second-order valence-electron chi connectivity index (χ2n) is 7.10. The topological polar surface area (TPSA) is 51.0 Å². The fourth-order valence-corrected chi connectivity index (χ4v) is 3.37. The molecule has 5 heteroatoms. The average molecular weight is 370 g/mol. The van der Waals surface area contributed by atoms with Gasteiger partial charge >= 0.3 is 0 Å². The van der Waals surface area contributed by atoms with Crippen LogP contribution in [-0.2, 0) is 4.79 Å². The molecule has 0 radical (unpaired) electrons. The Labute approximate surface area is 164 Å². The molecule has 0 fully saturated rings. The predicted octanol–water partition coefficient (Wildman–Crippen LogP) is 4.41. The monoisotopic (exact) mass is 370 g/mol. The summed E-state index contributed by atoms with van der Waals surface area (Å²) in [4.78, 5) is 18.1. The number of hydrogen-bond donors (Lipinski definition) is 0. The molecule has 1 amide bonds. The number of pyridine rings is 1. The molecule has 0 saturated carbocycles. The highest BCUT2D eigenvalue weighted by Crippen LogP contribution is 2.29. The van der Waals surface area contributed by atoms with Gasteiger partial charge in [0.2, 0.25) is 5.91 Å². The Morgan fingerprint density at radius 1 is 0.929 bits per heavy atom. The van der Waals surface area contributed by atoms with Gasteiger partial charge in [0.05, 0.1) is 6.20 Å². The number of hydrogen-bond acceptors (Lipinski definition) is 3. The molecule has 0 saturated heterocycles. The molecule has 2 heterocycles. The molecule has 2 aromatic carbocycles. The Bertz CT molecular complexity index is 1120. The van der Waals surface area contributed by atoms with Crippen LogP contribution in [0.4, 0.5) is 0 Å².